The van der Waals surface area contributed by atoms with Gasteiger partial charge in [0, 0.05) is 31.3 Å². The molecular weight excluding hydrogens is 200 g/mol. The molecule has 0 aromatic rings. The fourth-order valence-corrected chi connectivity index (χ4v) is 2.79. The molecule has 16 heavy (non-hydrogen) atoms. The maximum Gasteiger partial charge on any atom is 0.0445 e. The monoisotopic (exact) mass is 226 g/mol. The highest BCUT2D eigenvalue weighted by Crippen LogP contribution is 2.34. The summed E-state index contributed by atoms with van der Waals surface area (Å²) in [4.78, 5) is 2.54. The molecule has 1 aliphatic heterocycles. The predicted molar refractivity (Wildman–Crippen MR) is 66.5 cm³/mol. The van der Waals surface area contributed by atoms with Gasteiger partial charge in [0.25, 0.3) is 0 Å². The highest BCUT2D eigenvalue weighted by molar-refractivity contribution is 4.91. The number of aliphatic hydroxyl groups is 1. The second-order valence-corrected chi connectivity index (χ2v) is 5.70. The summed E-state index contributed by atoms with van der Waals surface area (Å²) in [5.74, 6) is 0.847. The van der Waals surface area contributed by atoms with Crippen LogP contribution in [0.25, 0.3) is 0 Å². The van der Waals surface area contributed by atoms with Crippen LogP contribution in [-0.4, -0.2) is 47.8 Å². The third-order valence-electron chi connectivity index (χ3n) is 4.03. The number of hydrogen-bond donors (Lipinski definition) is 2. The van der Waals surface area contributed by atoms with E-state index in [0.29, 0.717) is 24.7 Å². The van der Waals surface area contributed by atoms with Crippen LogP contribution in [0.2, 0.25) is 0 Å². The molecule has 2 aliphatic rings. The number of nitrogens with zero attached hydrogens (tertiary/aromatic N) is 1. The van der Waals surface area contributed by atoms with Crippen LogP contribution in [0.5, 0.6) is 0 Å². The van der Waals surface area contributed by atoms with Crippen molar-refractivity contribution in [3.05, 3.63) is 0 Å². The molecule has 2 rings (SSSR count). The highest BCUT2D eigenvalue weighted by atomic mass is 16.3. The molecule has 1 saturated carbocycles. The summed E-state index contributed by atoms with van der Waals surface area (Å²) < 4.78 is 0. The van der Waals surface area contributed by atoms with Gasteiger partial charge in [-0.05, 0) is 52.0 Å². The summed E-state index contributed by atoms with van der Waals surface area (Å²) in [5, 5.41) is 12.8. The van der Waals surface area contributed by atoms with E-state index in [4.69, 9.17) is 5.11 Å². The zero-order chi connectivity index (χ0) is 11.5. The minimum atomic E-state index is 0.328. The van der Waals surface area contributed by atoms with Crippen LogP contribution in [-0.2, 0) is 0 Å². The summed E-state index contributed by atoms with van der Waals surface area (Å²) in [7, 11) is 0. The van der Waals surface area contributed by atoms with Gasteiger partial charge >= 0.3 is 0 Å². The number of hydrogen-bond acceptors (Lipinski definition) is 3. The van der Waals surface area contributed by atoms with Crippen LogP contribution in [0.3, 0.4) is 0 Å². The third-order valence-corrected chi connectivity index (χ3v) is 4.03. The predicted octanol–water partition coefficient (Wildman–Crippen LogP) is 1.22. The minimum Gasteiger partial charge on any atom is -0.396 e. The van der Waals surface area contributed by atoms with Gasteiger partial charge < -0.3 is 10.4 Å². The first kappa shape index (κ1) is 12.3. The molecule has 0 bridgehead atoms. The Hall–Kier alpha value is -0.120. The Morgan fingerprint density at radius 3 is 2.56 bits per heavy atom. The van der Waals surface area contributed by atoms with Crippen molar-refractivity contribution in [2.75, 3.05) is 19.7 Å². The largest absolute Gasteiger partial charge is 0.396 e. The van der Waals surface area contributed by atoms with Crippen LogP contribution >= 0.6 is 0 Å². The number of rotatable bonds is 6. The van der Waals surface area contributed by atoms with Gasteiger partial charge in [-0.2, -0.15) is 0 Å². The zero-order valence-corrected chi connectivity index (χ0v) is 10.7. The Bertz CT molecular complexity index is 216. The Labute approximate surface area is 99.2 Å². The van der Waals surface area contributed by atoms with E-state index in [1.165, 1.54) is 32.4 Å². The molecule has 0 aromatic carbocycles. The molecule has 0 spiro atoms. The van der Waals surface area contributed by atoms with Crippen molar-refractivity contribution in [1.29, 1.82) is 0 Å². The third kappa shape index (κ3) is 3.19. The smallest absolute Gasteiger partial charge is 0.0445 e. The Kier molecular flexibility index (Phi) is 4.22. The van der Waals surface area contributed by atoms with Gasteiger partial charge in [-0.3, -0.25) is 4.90 Å². The van der Waals surface area contributed by atoms with Gasteiger partial charge in [0.2, 0.25) is 0 Å². The zero-order valence-electron chi connectivity index (χ0n) is 10.7. The average Bonchev–Trinajstić information content (AvgIpc) is 2.98. The lowest BCUT2D eigenvalue weighted by molar-refractivity contribution is 0.238. The van der Waals surface area contributed by atoms with Gasteiger partial charge in [0.1, 0.15) is 0 Å². The van der Waals surface area contributed by atoms with Gasteiger partial charge in [-0.15, -0.1) is 0 Å². The van der Waals surface area contributed by atoms with Crippen molar-refractivity contribution >= 4 is 0 Å². The molecule has 2 N–H and O–H groups in total. The molecule has 2 atom stereocenters. The molecule has 3 heteroatoms. The van der Waals surface area contributed by atoms with E-state index >= 15 is 0 Å². The molecule has 1 saturated heterocycles. The SMILES string of the molecule is CC(C)N1CCC(NC(CCO)C2CC2)C1. The summed E-state index contributed by atoms with van der Waals surface area (Å²) in [6, 6.07) is 1.89. The quantitative estimate of drug-likeness (QED) is 0.715. The van der Waals surface area contributed by atoms with Crippen molar-refractivity contribution in [1.82, 2.24) is 10.2 Å². The van der Waals surface area contributed by atoms with E-state index < -0.39 is 0 Å². The standard InChI is InChI=1S/C13H26N2O/c1-10(2)15-7-5-12(9-15)14-13(6-8-16)11-3-4-11/h10-14,16H,3-9H2,1-2H3. The fourth-order valence-electron chi connectivity index (χ4n) is 2.79. The maximum atomic E-state index is 9.08. The molecule has 94 valence electrons. The van der Waals surface area contributed by atoms with Crippen LogP contribution in [0.15, 0.2) is 0 Å². The maximum absolute atomic E-state index is 9.08. The first-order chi connectivity index (χ1) is 7.70. The van der Waals surface area contributed by atoms with Gasteiger partial charge in [-0.1, -0.05) is 0 Å². The lowest BCUT2D eigenvalue weighted by Gasteiger charge is -2.24. The van der Waals surface area contributed by atoms with Crippen molar-refractivity contribution < 1.29 is 5.11 Å². The van der Waals surface area contributed by atoms with Gasteiger partial charge in [0.15, 0.2) is 0 Å². The molecule has 1 aliphatic carbocycles. The van der Waals surface area contributed by atoms with E-state index in [9.17, 15) is 0 Å². The van der Waals surface area contributed by atoms with Gasteiger partial charge in [-0.25, -0.2) is 0 Å². The lowest BCUT2D eigenvalue weighted by Crippen LogP contribution is -2.42. The molecule has 1 heterocycles. The van der Waals surface area contributed by atoms with Crippen LogP contribution < -0.4 is 5.32 Å². The summed E-state index contributed by atoms with van der Waals surface area (Å²) in [6.07, 6.45) is 4.92. The van der Waals surface area contributed by atoms with Gasteiger partial charge in [0.05, 0.1) is 0 Å². The Balaban J connectivity index is 1.76. The number of aliphatic hydroxyl groups excluding tert-OH is 1. The lowest BCUT2D eigenvalue weighted by atomic mass is 10.1. The van der Waals surface area contributed by atoms with E-state index in [1.807, 2.05) is 0 Å². The number of likely N-dealkylation sites (tertiary alicyclic amines) is 1. The highest BCUT2D eigenvalue weighted by Gasteiger charge is 2.33. The fraction of sp³-hybridized carbons (Fsp3) is 1.00. The van der Waals surface area contributed by atoms with Crippen molar-refractivity contribution in [2.24, 2.45) is 5.92 Å². The van der Waals surface area contributed by atoms with Crippen LogP contribution in [0.4, 0.5) is 0 Å². The Morgan fingerprint density at radius 2 is 2.06 bits per heavy atom. The van der Waals surface area contributed by atoms with Crippen LogP contribution in [0.1, 0.15) is 39.5 Å². The molecule has 0 aromatic heterocycles. The summed E-state index contributed by atoms with van der Waals surface area (Å²) in [6.45, 7) is 7.29. The number of nitrogens with one attached hydrogen (secondary N) is 1. The Morgan fingerprint density at radius 1 is 1.31 bits per heavy atom. The molecule has 3 nitrogen and oxygen atoms in total. The first-order valence-corrected chi connectivity index (χ1v) is 6.81. The van der Waals surface area contributed by atoms with Crippen molar-refractivity contribution in [2.45, 2.75) is 57.7 Å². The second kappa shape index (κ2) is 5.48. The van der Waals surface area contributed by atoms with E-state index in [2.05, 4.69) is 24.1 Å². The molecule has 2 unspecified atom stereocenters. The van der Waals surface area contributed by atoms with Crippen LogP contribution in [0, 0.1) is 5.92 Å². The topological polar surface area (TPSA) is 35.5 Å². The second-order valence-electron chi connectivity index (χ2n) is 5.70. The minimum absolute atomic E-state index is 0.328. The van der Waals surface area contributed by atoms with E-state index in [-0.39, 0.29) is 0 Å². The van der Waals surface area contributed by atoms with E-state index in [0.717, 1.165) is 12.3 Å². The van der Waals surface area contributed by atoms with Crippen molar-refractivity contribution in [3.63, 3.8) is 0 Å². The normalized spacial score (nSPS) is 28.9. The average molecular weight is 226 g/mol. The molecular formula is C13H26N2O. The summed E-state index contributed by atoms with van der Waals surface area (Å²) >= 11 is 0. The van der Waals surface area contributed by atoms with Crippen molar-refractivity contribution in [3.8, 4) is 0 Å². The molecule has 2 fully saturated rings. The first-order valence-electron chi connectivity index (χ1n) is 6.81. The van der Waals surface area contributed by atoms with E-state index in [1.54, 1.807) is 0 Å². The molecule has 0 radical (unpaired) electrons. The molecule has 0 amide bonds. The summed E-state index contributed by atoms with van der Waals surface area (Å²) in [5.41, 5.74) is 0.